The lowest BCUT2D eigenvalue weighted by atomic mass is 10.2. The number of hydrogen-bond donors (Lipinski definition) is 0. The van der Waals surface area contributed by atoms with E-state index in [0.29, 0.717) is 52.1 Å². The number of carbonyl (C=O) groups excluding carboxylic acids is 4. The van der Waals surface area contributed by atoms with Gasteiger partial charge in [0.05, 0.1) is 26.4 Å². The van der Waals surface area contributed by atoms with Crippen LogP contribution in [0, 0.1) is 0 Å². The van der Waals surface area contributed by atoms with Gasteiger partial charge in [-0.15, -0.1) is 0 Å². The third-order valence-corrected chi connectivity index (χ3v) is 2.76. The maximum Gasteiger partial charge on any atom is 0.305 e. The molecule has 8 heteroatoms. The van der Waals surface area contributed by atoms with Crippen LogP contribution >= 0.6 is 0 Å². The zero-order valence-electron chi connectivity index (χ0n) is 16.3. The summed E-state index contributed by atoms with van der Waals surface area (Å²) in [6, 6.07) is 0. The molecule has 0 saturated carbocycles. The molecule has 0 N–H and O–H groups in total. The molecule has 160 valence electrons. The smallest absolute Gasteiger partial charge is 0.305 e. The van der Waals surface area contributed by atoms with Gasteiger partial charge in [-0.1, -0.05) is 21.3 Å². The van der Waals surface area contributed by atoms with Gasteiger partial charge in [-0.2, -0.15) is 0 Å². The fourth-order valence-electron chi connectivity index (χ4n) is 1.48. The third kappa shape index (κ3) is 23.9. The summed E-state index contributed by atoms with van der Waals surface area (Å²) in [6.45, 7) is 8.40. The second-order valence-electron chi connectivity index (χ2n) is 4.97. The van der Waals surface area contributed by atoms with Gasteiger partial charge in [0.25, 0.3) is 0 Å². The summed E-state index contributed by atoms with van der Waals surface area (Å²) in [5.41, 5.74) is 0. The van der Waals surface area contributed by atoms with Crippen molar-refractivity contribution in [3.63, 3.8) is 0 Å². The Bertz CT molecular complexity index is 371. The van der Waals surface area contributed by atoms with E-state index in [0.717, 1.165) is 0 Å². The van der Waals surface area contributed by atoms with E-state index in [4.69, 9.17) is 18.9 Å². The summed E-state index contributed by atoms with van der Waals surface area (Å²) in [4.78, 5) is 42.9. The summed E-state index contributed by atoms with van der Waals surface area (Å²) in [7, 11) is 0. The predicted molar refractivity (Wildman–Crippen MR) is 101 cm³/mol. The van der Waals surface area contributed by atoms with Crippen LogP contribution in [-0.2, 0) is 38.1 Å². The van der Waals surface area contributed by atoms with E-state index in [1.807, 2.05) is 0 Å². The van der Waals surface area contributed by atoms with Crippen molar-refractivity contribution in [1.29, 1.82) is 0 Å². The first kappa shape index (κ1) is 29.6. The third-order valence-electron chi connectivity index (χ3n) is 2.76. The average Bonchev–Trinajstić information content (AvgIpc) is 2.62. The summed E-state index contributed by atoms with van der Waals surface area (Å²) >= 11 is 0. The van der Waals surface area contributed by atoms with Crippen LogP contribution in [0.25, 0.3) is 0 Å². The normalized spacial score (nSPS) is 9.04. The summed E-state index contributed by atoms with van der Waals surface area (Å²) < 4.78 is 18.9. The minimum Gasteiger partial charge on any atom is -0.466 e. The summed E-state index contributed by atoms with van der Waals surface area (Å²) in [6.07, 6.45) is 2.40. The summed E-state index contributed by atoms with van der Waals surface area (Å²) in [5, 5.41) is 0. The topological polar surface area (TPSA) is 105 Å². The van der Waals surface area contributed by atoms with Crippen LogP contribution in [0.2, 0.25) is 0 Å². The van der Waals surface area contributed by atoms with E-state index in [1.165, 1.54) is 0 Å². The van der Waals surface area contributed by atoms with Gasteiger partial charge >= 0.3 is 23.9 Å². The molecule has 0 amide bonds. The van der Waals surface area contributed by atoms with Gasteiger partial charge in [-0.25, -0.2) is 0 Å². The minimum atomic E-state index is -0.258. The molecule has 0 aromatic rings. The SMILES string of the molecule is C.CCC(=O)OCCCOC(=O)CC.CCOC(=O)CCCC(=O)OCC. The van der Waals surface area contributed by atoms with Crippen LogP contribution in [-0.4, -0.2) is 50.3 Å². The van der Waals surface area contributed by atoms with Crippen LogP contribution in [0.1, 0.15) is 73.6 Å². The van der Waals surface area contributed by atoms with E-state index < -0.39 is 0 Å². The molecule has 27 heavy (non-hydrogen) atoms. The van der Waals surface area contributed by atoms with Crippen molar-refractivity contribution < 1.29 is 38.1 Å². The van der Waals surface area contributed by atoms with Crippen molar-refractivity contribution in [2.45, 2.75) is 73.6 Å². The zero-order chi connectivity index (χ0) is 20.2. The number of rotatable bonds is 12. The van der Waals surface area contributed by atoms with Gasteiger partial charge in [0, 0.05) is 32.1 Å². The molecular formula is C19H36O8. The Morgan fingerprint density at radius 2 is 0.926 bits per heavy atom. The van der Waals surface area contributed by atoms with Crippen LogP contribution < -0.4 is 0 Å². The van der Waals surface area contributed by atoms with Crippen molar-refractivity contribution >= 4 is 23.9 Å². The van der Waals surface area contributed by atoms with Crippen LogP contribution in [0.3, 0.4) is 0 Å². The molecule has 0 heterocycles. The van der Waals surface area contributed by atoms with E-state index in [-0.39, 0.29) is 44.1 Å². The first-order chi connectivity index (χ1) is 12.4. The number of carbonyl (C=O) groups is 4. The molecule has 0 unspecified atom stereocenters. The van der Waals surface area contributed by atoms with Crippen molar-refractivity contribution in [3.8, 4) is 0 Å². The van der Waals surface area contributed by atoms with E-state index in [2.05, 4.69) is 0 Å². The van der Waals surface area contributed by atoms with Gasteiger partial charge < -0.3 is 18.9 Å². The standard InChI is InChI=1S/2C9H16O4.CH4/c1-3-12-8(10)6-5-7-9(11)13-4-2;1-3-8(10)12-6-5-7-13-9(11)4-2;/h2*3-7H2,1-2H3;1H4. The Morgan fingerprint density at radius 3 is 1.22 bits per heavy atom. The highest BCUT2D eigenvalue weighted by atomic mass is 16.5. The molecule has 0 aliphatic heterocycles. The lowest BCUT2D eigenvalue weighted by Crippen LogP contribution is -2.09. The molecule has 8 nitrogen and oxygen atoms in total. The molecule has 0 bridgehead atoms. The lowest BCUT2D eigenvalue weighted by molar-refractivity contribution is -0.147. The molecule has 0 atom stereocenters. The van der Waals surface area contributed by atoms with Crippen LogP contribution in [0.4, 0.5) is 0 Å². The summed E-state index contributed by atoms with van der Waals surface area (Å²) in [5.74, 6) is -0.956. The fourth-order valence-corrected chi connectivity index (χ4v) is 1.48. The Kier molecular flexibility index (Phi) is 24.1. The fraction of sp³-hybridized carbons (Fsp3) is 0.789. The number of hydrogen-bond acceptors (Lipinski definition) is 8. The van der Waals surface area contributed by atoms with Crippen molar-refractivity contribution in [3.05, 3.63) is 0 Å². The highest BCUT2D eigenvalue weighted by Crippen LogP contribution is 1.99. The first-order valence-corrected chi connectivity index (χ1v) is 9.03. The Balaban J connectivity index is -0.000000411. The second kappa shape index (κ2) is 21.9. The monoisotopic (exact) mass is 392 g/mol. The highest BCUT2D eigenvalue weighted by molar-refractivity contribution is 5.72. The second-order valence-corrected chi connectivity index (χ2v) is 4.97. The van der Waals surface area contributed by atoms with E-state index in [9.17, 15) is 19.2 Å². The van der Waals surface area contributed by atoms with Gasteiger partial charge in [-0.3, -0.25) is 19.2 Å². The Morgan fingerprint density at radius 1 is 0.556 bits per heavy atom. The maximum atomic E-state index is 10.8. The molecular weight excluding hydrogens is 356 g/mol. The largest absolute Gasteiger partial charge is 0.466 e. The minimum absolute atomic E-state index is 0. The number of ether oxygens (including phenoxy) is 4. The molecule has 0 fully saturated rings. The Hall–Kier alpha value is -2.12. The van der Waals surface area contributed by atoms with Crippen LogP contribution in [0.5, 0.6) is 0 Å². The molecule has 0 aliphatic carbocycles. The lowest BCUT2D eigenvalue weighted by Gasteiger charge is -2.03. The molecule has 0 aromatic heterocycles. The molecule has 0 rings (SSSR count). The Labute approximate surface area is 162 Å². The maximum absolute atomic E-state index is 10.8. The molecule has 0 spiro atoms. The molecule has 0 aliphatic rings. The van der Waals surface area contributed by atoms with E-state index in [1.54, 1.807) is 27.7 Å². The zero-order valence-corrected chi connectivity index (χ0v) is 16.3. The molecule has 0 radical (unpaired) electrons. The molecule has 0 aromatic carbocycles. The van der Waals surface area contributed by atoms with Gasteiger partial charge in [-0.05, 0) is 20.3 Å². The van der Waals surface area contributed by atoms with Crippen molar-refractivity contribution in [2.75, 3.05) is 26.4 Å². The number of esters is 4. The van der Waals surface area contributed by atoms with Crippen LogP contribution in [0.15, 0.2) is 0 Å². The van der Waals surface area contributed by atoms with E-state index >= 15 is 0 Å². The van der Waals surface area contributed by atoms with Gasteiger partial charge in [0.2, 0.25) is 0 Å². The van der Waals surface area contributed by atoms with Gasteiger partial charge in [0.1, 0.15) is 0 Å². The average molecular weight is 392 g/mol. The van der Waals surface area contributed by atoms with Crippen molar-refractivity contribution in [1.82, 2.24) is 0 Å². The highest BCUT2D eigenvalue weighted by Gasteiger charge is 2.05. The van der Waals surface area contributed by atoms with Crippen molar-refractivity contribution in [2.24, 2.45) is 0 Å². The predicted octanol–water partition coefficient (Wildman–Crippen LogP) is 3.20. The first-order valence-electron chi connectivity index (χ1n) is 9.03. The quantitative estimate of drug-likeness (QED) is 0.283. The van der Waals surface area contributed by atoms with Gasteiger partial charge in [0.15, 0.2) is 0 Å². The molecule has 0 saturated heterocycles.